The summed E-state index contributed by atoms with van der Waals surface area (Å²) in [5.74, 6) is 0.881. The average Bonchev–Trinajstić information content (AvgIpc) is 2.54. The van der Waals surface area contributed by atoms with Gasteiger partial charge in [0.05, 0.1) is 7.11 Å². The number of rotatable bonds is 6. The van der Waals surface area contributed by atoms with Crippen LogP contribution in [0.4, 0.5) is 0 Å². The molecule has 112 valence electrons. The lowest BCUT2D eigenvalue weighted by atomic mass is 10.1. The van der Waals surface area contributed by atoms with Crippen LogP contribution < -0.4 is 10.1 Å². The van der Waals surface area contributed by atoms with Gasteiger partial charge in [-0.25, -0.2) is 0 Å². The highest BCUT2D eigenvalue weighted by Crippen LogP contribution is 2.24. The highest BCUT2D eigenvalue weighted by Gasteiger charge is 2.07. The molecule has 2 rings (SSSR count). The van der Waals surface area contributed by atoms with Gasteiger partial charge in [-0.1, -0.05) is 28.1 Å². The second kappa shape index (κ2) is 7.87. The van der Waals surface area contributed by atoms with E-state index >= 15 is 0 Å². The van der Waals surface area contributed by atoms with Gasteiger partial charge in [0, 0.05) is 22.0 Å². The highest BCUT2D eigenvalue weighted by molar-refractivity contribution is 9.10. The maximum atomic E-state index is 5.28. The standard InChI is InChI=1S/C17H20BrNOS/c1-12(13-4-7-16(21-3)8-5-13)19-11-14-10-15(20-2)6-9-17(14)18/h4-10,12,19H,11H2,1-3H3. The van der Waals surface area contributed by atoms with Crippen molar-refractivity contribution in [1.82, 2.24) is 5.32 Å². The van der Waals surface area contributed by atoms with E-state index in [1.54, 1.807) is 18.9 Å². The van der Waals surface area contributed by atoms with Gasteiger partial charge in [-0.15, -0.1) is 11.8 Å². The van der Waals surface area contributed by atoms with E-state index in [2.05, 4.69) is 64.8 Å². The van der Waals surface area contributed by atoms with Crippen LogP contribution in [-0.2, 0) is 6.54 Å². The van der Waals surface area contributed by atoms with Crippen molar-refractivity contribution >= 4 is 27.7 Å². The van der Waals surface area contributed by atoms with Gasteiger partial charge in [0.25, 0.3) is 0 Å². The molecule has 4 heteroatoms. The third-order valence-electron chi connectivity index (χ3n) is 3.47. The normalized spacial score (nSPS) is 12.2. The minimum Gasteiger partial charge on any atom is -0.497 e. The van der Waals surface area contributed by atoms with E-state index < -0.39 is 0 Å². The van der Waals surface area contributed by atoms with Gasteiger partial charge >= 0.3 is 0 Å². The van der Waals surface area contributed by atoms with Crippen LogP contribution >= 0.6 is 27.7 Å². The molecule has 0 spiro atoms. The van der Waals surface area contributed by atoms with Crippen molar-refractivity contribution in [3.05, 3.63) is 58.1 Å². The molecule has 0 bridgehead atoms. The van der Waals surface area contributed by atoms with Gasteiger partial charge in [0.15, 0.2) is 0 Å². The molecule has 0 amide bonds. The fourth-order valence-corrected chi connectivity index (χ4v) is 2.88. The molecule has 0 radical (unpaired) electrons. The maximum absolute atomic E-state index is 5.28. The Kier molecular flexibility index (Phi) is 6.15. The summed E-state index contributed by atoms with van der Waals surface area (Å²) in [5.41, 5.74) is 2.49. The van der Waals surface area contributed by atoms with Crippen molar-refractivity contribution in [3.63, 3.8) is 0 Å². The third-order valence-corrected chi connectivity index (χ3v) is 4.98. The Morgan fingerprint density at radius 2 is 1.90 bits per heavy atom. The quantitative estimate of drug-likeness (QED) is 0.725. The molecule has 0 aromatic heterocycles. The monoisotopic (exact) mass is 365 g/mol. The first-order valence-electron chi connectivity index (χ1n) is 6.83. The molecule has 0 aliphatic rings. The SMILES string of the molecule is COc1ccc(Br)c(CNC(C)c2ccc(SC)cc2)c1. The third kappa shape index (κ3) is 4.50. The number of hydrogen-bond donors (Lipinski definition) is 1. The number of halogens is 1. The Labute approximate surface area is 139 Å². The zero-order chi connectivity index (χ0) is 15.2. The zero-order valence-corrected chi connectivity index (χ0v) is 14.9. The van der Waals surface area contributed by atoms with Crippen molar-refractivity contribution in [3.8, 4) is 5.75 Å². The predicted molar refractivity (Wildman–Crippen MR) is 94.2 cm³/mol. The molecule has 0 aliphatic heterocycles. The first kappa shape index (κ1) is 16.4. The van der Waals surface area contributed by atoms with Gasteiger partial charge < -0.3 is 10.1 Å². The van der Waals surface area contributed by atoms with Gasteiger partial charge in [0.1, 0.15) is 5.75 Å². The van der Waals surface area contributed by atoms with Crippen LogP contribution in [0, 0.1) is 0 Å². The highest BCUT2D eigenvalue weighted by atomic mass is 79.9. The predicted octanol–water partition coefficient (Wildman–Crippen LogP) is 5.03. The van der Waals surface area contributed by atoms with E-state index in [1.165, 1.54) is 16.0 Å². The van der Waals surface area contributed by atoms with Gasteiger partial charge in [-0.3, -0.25) is 0 Å². The number of hydrogen-bond acceptors (Lipinski definition) is 3. The maximum Gasteiger partial charge on any atom is 0.119 e. The lowest BCUT2D eigenvalue weighted by molar-refractivity contribution is 0.413. The van der Waals surface area contributed by atoms with Crippen molar-refractivity contribution in [2.75, 3.05) is 13.4 Å². The molecule has 1 unspecified atom stereocenters. The van der Waals surface area contributed by atoms with Gasteiger partial charge in [-0.2, -0.15) is 0 Å². The smallest absolute Gasteiger partial charge is 0.119 e. The molecular weight excluding hydrogens is 346 g/mol. The largest absolute Gasteiger partial charge is 0.497 e. The Hall–Kier alpha value is -0.970. The van der Waals surface area contributed by atoms with Crippen molar-refractivity contribution in [2.45, 2.75) is 24.4 Å². The number of benzene rings is 2. The van der Waals surface area contributed by atoms with Crippen LogP contribution in [-0.4, -0.2) is 13.4 Å². The van der Waals surface area contributed by atoms with E-state index in [9.17, 15) is 0 Å². The van der Waals surface area contributed by atoms with E-state index in [0.717, 1.165) is 16.8 Å². The summed E-state index contributed by atoms with van der Waals surface area (Å²) in [6, 6.07) is 15.0. The number of thioether (sulfide) groups is 1. The van der Waals surface area contributed by atoms with E-state index in [4.69, 9.17) is 4.74 Å². The topological polar surface area (TPSA) is 21.3 Å². The van der Waals surface area contributed by atoms with Crippen LogP contribution in [0.25, 0.3) is 0 Å². The fraction of sp³-hybridized carbons (Fsp3) is 0.294. The van der Waals surface area contributed by atoms with E-state index in [-0.39, 0.29) is 0 Å². The Balaban J connectivity index is 2.01. The lowest BCUT2D eigenvalue weighted by Crippen LogP contribution is -2.18. The summed E-state index contributed by atoms with van der Waals surface area (Å²) in [6.07, 6.45) is 2.09. The van der Waals surface area contributed by atoms with Crippen LogP contribution in [0.1, 0.15) is 24.1 Å². The molecule has 1 atom stereocenters. The van der Waals surface area contributed by atoms with Crippen LogP contribution in [0.15, 0.2) is 51.8 Å². The van der Waals surface area contributed by atoms with Gasteiger partial charge in [-0.05, 0) is 54.6 Å². The van der Waals surface area contributed by atoms with Crippen LogP contribution in [0.3, 0.4) is 0 Å². The summed E-state index contributed by atoms with van der Waals surface area (Å²) in [7, 11) is 1.69. The van der Waals surface area contributed by atoms with Crippen LogP contribution in [0.5, 0.6) is 5.75 Å². The van der Waals surface area contributed by atoms with Gasteiger partial charge in [0.2, 0.25) is 0 Å². The second-order valence-corrected chi connectivity index (χ2v) is 6.57. The van der Waals surface area contributed by atoms with E-state index in [1.807, 2.05) is 12.1 Å². The Bertz CT molecular complexity index is 586. The Morgan fingerprint density at radius 3 is 2.52 bits per heavy atom. The van der Waals surface area contributed by atoms with Crippen molar-refractivity contribution in [1.29, 1.82) is 0 Å². The first-order valence-corrected chi connectivity index (χ1v) is 8.85. The summed E-state index contributed by atoms with van der Waals surface area (Å²) in [5, 5.41) is 3.55. The number of nitrogens with one attached hydrogen (secondary N) is 1. The molecule has 2 aromatic carbocycles. The number of methoxy groups -OCH3 is 1. The summed E-state index contributed by atoms with van der Waals surface area (Å²) in [4.78, 5) is 1.29. The Morgan fingerprint density at radius 1 is 1.19 bits per heavy atom. The van der Waals surface area contributed by atoms with Crippen LogP contribution in [0.2, 0.25) is 0 Å². The second-order valence-electron chi connectivity index (χ2n) is 4.83. The molecule has 2 nitrogen and oxygen atoms in total. The molecule has 0 heterocycles. The molecule has 1 N–H and O–H groups in total. The molecule has 2 aromatic rings. The van der Waals surface area contributed by atoms with Crippen molar-refractivity contribution in [2.24, 2.45) is 0 Å². The summed E-state index contributed by atoms with van der Waals surface area (Å²) >= 11 is 5.35. The lowest BCUT2D eigenvalue weighted by Gasteiger charge is -2.16. The minimum atomic E-state index is 0.305. The van der Waals surface area contributed by atoms with Crippen molar-refractivity contribution < 1.29 is 4.74 Å². The molecule has 21 heavy (non-hydrogen) atoms. The summed E-state index contributed by atoms with van der Waals surface area (Å²) < 4.78 is 6.37. The molecule has 0 saturated carbocycles. The molecule has 0 fully saturated rings. The zero-order valence-electron chi connectivity index (χ0n) is 12.5. The molecule has 0 saturated heterocycles. The molecular formula is C17H20BrNOS. The molecule has 0 aliphatic carbocycles. The minimum absolute atomic E-state index is 0.305. The first-order chi connectivity index (χ1) is 10.1. The average molecular weight is 366 g/mol. The van der Waals surface area contributed by atoms with E-state index in [0.29, 0.717) is 6.04 Å². The fourth-order valence-electron chi connectivity index (χ4n) is 2.09. The summed E-state index contributed by atoms with van der Waals surface area (Å²) in [6.45, 7) is 2.98. The number of ether oxygens (including phenoxy) is 1.